The van der Waals surface area contributed by atoms with Gasteiger partial charge in [0.15, 0.2) is 0 Å². The molecule has 1 fully saturated rings. The topological polar surface area (TPSA) is 37.8 Å². The van der Waals surface area contributed by atoms with Crippen molar-refractivity contribution in [3.8, 4) is 0 Å². The lowest BCUT2D eigenvalue weighted by Crippen LogP contribution is -2.26. The molecule has 0 saturated heterocycles. The summed E-state index contributed by atoms with van der Waals surface area (Å²) < 4.78 is 0. The Morgan fingerprint density at radius 1 is 1.15 bits per heavy atom. The summed E-state index contributed by atoms with van der Waals surface area (Å²) in [7, 11) is 0. The molecule has 104 valence electrons. The molecule has 0 amide bonds. The molecule has 1 aliphatic carbocycles. The van der Waals surface area contributed by atoms with Crippen LogP contribution in [-0.4, -0.2) is 16.0 Å². The molecule has 1 heterocycles. The van der Waals surface area contributed by atoms with Crippen LogP contribution in [0.3, 0.4) is 0 Å². The van der Waals surface area contributed by atoms with Gasteiger partial charge in [0.2, 0.25) is 0 Å². The van der Waals surface area contributed by atoms with E-state index in [9.17, 15) is 0 Å². The van der Waals surface area contributed by atoms with Gasteiger partial charge in [0.1, 0.15) is 5.82 Å². The molecule has 3 nitrogen and oxygen atoms in total. The van der Waals surface area contributed by atoms with E-state index in [2.05, 4.69) is 45.6 Å². The third-order valence-electron chi connectivity index (χ3n) is 4.09. The number of nitrogens with zero attached hydrogens (tertiary/aromatic N) is 2. The highest BCUT2D eigenvalue weighted by Gasteiger charge is 2.27. The highest BCUT2D eigenvalue weighted by atomic mass is 15.0. The molecule has 0 spiro atoms. The third-order valence-corrected chi connectivity index (χ3v) is 4.09. The summed E-state index contributed by atoms with van der Waals surface area (Å²) >= 11 is 0. The van der Waals surface area contributed by atoms with Crippen LogP contribution >= 0.6 is 0 Å². The van der Waals surface area contributed by atoms with Gasteiger partial charge in [-0.1, -0.05) is 36.8 Å². The minimum absolute atomic E-state index is 0.520. The maximum atomic E-state index is 4.50. The van der Waals surface area contributed by atoms with E-state index in [-0.39, 0.29) is 0 Å². The van der Waals surface area contributed by atoms with Gasteiger partial charge < -0.3 is 5.32 Å². The number of aromatic nitrogens is 2. The first kappa shape index (κ1) is 13.1. The van der Waals surface area contributed by atoms with Crippen molar-refractivity contribution in [2.75, 3.05) is 5.32 Å². The summed E-state index contributed by atoms with van der Waals surface area (Å²) in [5, 5.41) is 3.58. The van der Waals surface area contributed by atoms with Crippen LogP contribution in [0.5, 0.6) is 0 Å². The summed E-state index contributed by atoms with van der Waals surface area (Å²) in [4.78, 5) is 8.71. The first-order chi connectivity index (χ1) is 9.81. The molecule has 0 radical (unpaired) electrons. The minimum atomic E-state index is 0.520. The van der Waals surface area contributed by atoms with Crippen LogP contribution in [0.1, 0.15) is 30.5 Å². The molecule has 2 unspecified atom stereocenters. The first-order valence-corrected chi connectivity index (χ1v) is 7.40. The van der Waals surface area contributed by atoms with Crippen LogP contribution in [0, 0.1) is 12.8 Å². The smallest absolute Gasteiger partial charge is 0.145 e. The Hall–Kier alpha value is -1.90. The molecule has 1 aromatic carbocycles. The predicted octanol–water partition coefficient (Wildman–Crippen LogP) is 3.61. The van der Waals surface area contributed by atoms with Crippen molar-refractivity contribution < 1.29 is 0 Å². The van der Waals surface area contributed by atoms with Gasteiger partial charge in [0.05, 0.1) is 11.9 Å². The summed E-state index contributed by atoms with van der Waals surface area (Å²) in [6.07, 6.45) is 8.59. The van der Waals surface area contributed by atoms with Gasteiger partial charge in [-0.05, 0) is 37.7 Å². The molecule has 1 N–H and O–H groups in total. The fraction of sp³-hybridized carbons (Fsp3) is 0.412. The number of anilines is 1. The van der Waals surface area contributed by atoms with Gasteiger partial charge in [-0.2, -0.15) is 0 Å². The molecule has 1 saturated carbocycles. The zero-order valence-corrected chi connectivity index (χ0v) is 11.9. The molecule has 3 rings (SSSR count). The van der Waals surface area contributed by atoms with E-state index in [0.717, 1.165) is 17.9 Å². The highest BCUT2D eigenvalue weighted by molar-refractivity contribution is 5.34. The van der Waals surface area contributed by atoms with Crippen LogP contribution < -0.4 is 5.32 Å². The molecular weight excluding hydrogens is 246 g/mol. The number of hydrogen-bond donors (Lipinski definition) is 1. The van der Waals surface area contributed by atoms with E-state index < -0.39 is 0 Å². The van der Waals surface area contributed by atoms with Crippen LogP contribution in [0.2, 0.25) is 0 Å². The standard InChI is InChI=1S/C17H21N3/c1-13-11-18-12-17(19-13)20-16-9-5-8-15(16)10-14-6-3-2-4-7-14/h2-4,6-7,11-12,15-16H,5,8-10H2,1H3,(H,19,20). The molecule has 3 heteroatoms. The van der Waals surface area contributed by atoms with E-state index in [4.69, 9.17) is 0 Å². The monoisotopic (exact) mass is 267 g/mol. The van der Waals surface area contributed by atoms with E-state index >= 15 is 0 Å². The minimum Gasteiger partial charge on any atom is -0.366 e. The summed E-state index contributed by atoms with van der Waals surface area (Å²) in [5.74, 6) is 1.61. The van der Waals surface area contributed by atoms with Crippen molar-refractivity contribution in [3.05, 3.63) is 54.0 Å². The first-order valence-electron chi connectivity index (χ1n) is 7.40. The number of hydrogen-bond acceptors (Lipinski definition) is 3. The second-order valence-corrected chi connectivity index (χ2v) is 5.68. The van der Waals surface area contributed by atoms with Gasteiger partial charge in [0, 0.05) is 12.2 Å². The Bertz CT molecular complexity index is 553. The van der Waals surface area contributed by atoms with Crippen LogP contribution in [0.4, 0.5) is 5.82 Å². The van der Waals surface area contributed by atoms with Crippen molar-refractivity contribution >= 4 is 5.82 Å². The van der Waals surface area contributed by atoms with Crippen molar-refractivity contribution in [3.63, 3.8) is 0 Å². The molecule has 2 atom stereocenters. The Labute approximate surface area is 120 Å². The largest absolute Gasteiger partial charge is 0.366 e. The highest BCUT2D eigenvalue weighted by Crippen LogP contribution is 2.30. The molecular formula is C17H21N3. The Balaban J connectivity index is 1.66. The lowest BCUT2D eigenvalue weighted by atomic mass is 9.94. The summed E-state index contributed by atoms with van der Waals surface area (Å²) in [6, 6.07) is 11.3. The fourth-order valence-electron chi connectivity index (χ4n) is 3.11. The fourth-order valence-corrected chi connectivity index (χ4v) is 3.11. The van der Waals surface area contributed by atoms with E-state index in [1.165, 1.54) is 24.8 Å². The Kier molecular flexibility index (Phi) is 3.95. The van der Waals surface area contributed by atoms with Crippen molar-refractivity contribution in [1.82, 2.24) is 9.97 Å². The van der Waals surface area contributed by atoms with Crippen LogP contribution in [0.25, 0.3) is 0 Å². The number of rotatable bonds is 4. The molecule has 0 bridgehead atoms. The van der Waals surface area contributed by atoms with E-state index in [0.29, 0.717) is 12.0 Å². The van der Waals surface area contributed by atoms with Gasteiger partial charge in [0.25, 0.3) is 0 Å². The van der Waals surface area contributed by atoms with Crippen molar-refractivity contribution in [2.24, 2.45) is 5.92 Å². The average molecular weight is 267 g/mol. The second-order valence-electron chi connectivity index (χ2n) is 5.68. The Morgan fingerprint density at radius 2 is 2.00 bits per heavy atom. The van der Waals surface area contributed by atoms with Gasteiger partial charge in [-0.15, -0.1) is 0 Å². The summed E-state index contributed by atoms with van der Waals surface area (Å²) in [5.41, 5.74) is 2.40. The van der Waals surface area contributed by atoms with Crippen LogP contribution in [0.15, 0.2) is 42.7 Å². The average Bonchev–Trinajstić information content (AvgIpc) is 2.87. The van der Waals surface area contributed by atoms with Crippen molar-refractivity contribution in [2.45, 2.75) is 38.6 Å². The molecule has 1 aliphatic rings. The molecule has 20 heavy (non-hydrogen) atoms. The summed E-state index contributed by atoms with van der Waals surface area (Å²) in [6.45, 7) is 1.98. The lowest BCUT2D eigenvalue weighted by molar-refractivity contribution is 0.501. The quantitative estimate of drug-likeness (QED) is 0.919. The predicted molar refractivity (Wildman–Crippen MR) is 81.7 cm³/mol. The number of nitrogens with one attached hydrogen (secondary N) is 1. The molecule has 2 aromatic rings. The third kappa shape index (κ3) is 3.16. The van der Waals surface area contributed by atoms with Gasteiger partial charge >= 0.3 is 0 Å². The van der Waals surface area contributed by atoms with E-state index in [1.807, 2.05) is 13.1 Å². The zero-order chi connectivity index (χ0) is 13.8. The second kappa shape index (κ2) is 6.04. The maximum absolute atomic E-state index is 4.50. The van der Waals surface area contributed by atoms with Gasteiger partial charge in [-0.3, -0.25) is 4.98 Å². The Morgan fingerprint density at radius 3 is 2.80 bits per heavy atom. The maximum Gasteiger partial charge on any atom is 0.145 e. The van der Waals surface area contributed by atoms with Crippen molar-refractivity contribution in [1.29, 1.82) is 0 Å². The van der Waals surface area contributed by atoms with E-state index in [1.54, 1.807) is 6.20 Å². The lowest BCUT2D eigenvalue weighted by Gasteiger charge is -2.21. The van der Waals surface area contributed by atoms with Crippen LogP contribution in [-0.2, 0) is 6.42 Å². The molecule has 0 aliphatic heterocycles. The zero-order valence-electron chi connectivity index (χ0n) is 11.9. The number of aryl methyl sites for hydroxylation is 1. The number of benzene rings is 1. The normalized spacial score (nSPS) is 21.9. The molecule has 1 aromatic heterocycles. The SMILES string of the molecule is Cc1cncc(NC2CCCC2Cc2ccccc2)n1. The van der Waals surface area contributed by atoms with Gasteiger partial charge in [-0.25, -0.2) is 4.98 Å².